The summed E-state index contributed by atoms with van der Waals surface area (Å²) in [7, 11) is 3.92. The smallest absolute Gasteiger partial charge is 0.272 e. The molecule has 0 saturated carbocycles. The third-order valence-corrected chi connectivity index (χ3v) is 4.51. The fourth-order valence-electron chi connectivity index (χ4n) is 3.00. The van der Waals surface area contributed by atoms with Gasteiger partial charge in [-0.2, -0.15) is 5.10 Å². The van der Waals surface area contributed by atoms with Crippen LogP contribution >= 0.6 is 0 Å². The number of carbonyl (C=O) groups excluding carboxylic acids is 2. The van der Waals surface area contributed by atoms with Gasteiger partial charge in [-0.3, -0.25) is 14.7 Å². The summed E-state index contributed by atoms with van der Waals surface area (Å²) in [6.07, 6.45) is 0.848. The number of likely N-dealkylation sites (N-methyl/N-ethyl adjacent to an activating group) is 1. The number of carbonyl (C=O) groups is 2. The summed E-state index contributed by atoms with van der Waals surface area (Å²) in [5.74, 6) is -0.325. The van der Waals surface area contributed by atoms with Crippen LogP contribution in [0.25, 0.3) is 0 Å². The largest absolute Gasteiger partial charge is 0.351 e. The summed E-state index contributed by atoms with van der Waals surface area (Å²) < 4.78 is 0. The normalized spacial score (nSPS) is 13.3. The predicted molar refractivity (Wildman–Crippen MR) is 102 cm³/mol. The molecule has 8 heteroatoms. The van der Waals surface area contributed by atoms with Crippen molar-refractivity contribution in [3.63, 3.8) is 0 Å². The van der Waals surface area contributed by atoms with Gasteiger partial charge >= 0.3 is 0 Å². The monoisotopic (exact) mass is 370 g/mol. The van der Waals surface area contributed by atoms with Crippen molar-refractivity contribution in [1.82, 2.24) is 31.0 Å². The van der Waals surface area contributed by atoms with E-state index < -0.39 is 0 Å². The van der Waals surface area contributed by atoms with E-state index in [1.807, 2.05) is 31.1 Å². The van der Waals surface area contributed by atoms with E-state index >= 15 is 0 Å². The van der Waals surface area contributed by atoms with Gasteiger partial charge in [0, 0.05) is 56.0 Å². The van der Waals surface area contributed by atoms with Gasteiger partial charge in [-0.25, -0.2) is 0 Å². The molecule has 0 fully saturated rings. The zero-order valence-corrected chi connectivity index (χ0v) is 15.8. The molecule has 1 aliphatic heterocycles. The van der Waals surface area contributed by atoms with E-state index in [-0.39, 0.29) is 11.8 Å². The molecule has 0 radical (unpaired) electrons. The zero-order chi connectivity index (χ0) is 19.2. The number of amides is 2. The van der Waals surface area contributed by atoms with Gasteiger partial charge in [-0.15, -0.1) is 0 Å². The fourth-order valence-corrected chi connectivity index (χ4v) is 3.00. The summed E-state index contributed by atoms with van der Waals surface area (Å²) in [4.78, 5) is 26.7. The number of aromatic nitrogens is 2. The van der Waals surface area contributed by atoms with Gasteiger partial charge in [0.25, 0.3) is 11.8 Å². The number of nitrogens with one attached hydrogen (secondary N) is 4. The second-order valence-electron chi connectivity index (χ2n) is 6.90. The van der Waals surface area contributed by atoms with Crippen molar-refractivity contribution >= 4 is 11.8 Å². The van der Waals surface area contributed by atoms with Crippen molar-refractivity contribution in [2.45, 2.75) is 19.5 Å². The van der Waals surface area contributed by atoms with Crippen molar-refractivity contribution in [3.05, 3.63) is 52.3 Å². The Labute approximate surface area is 158 Å². The molecule has 8 nitrogen and oxygen atoms in total. The molecule has 27 heavy (non-hydrogen) atoms. The van der Waals surface area contributed by atoms with E-state index in [2.05, 4.69) is 26.1 Å². The number of fused-ring (bicyclic) bond motifs is 1. The topological polar surface area (TPSA) is 102 Å². The van der Waals surface area contributed by atoms with Crippen LogP contribution in [0, 0.1) is 0 Å². The molecule has 2 amide bonds. The minimum Gasteiger partial charge on any atom is -0.351 e. The minimum atomic E-state index is -0.211. The first-order valence-electron chi connectivity index (χ1n) is 9.11. The Balaban J connectivity index is 1.57. The molecule has 0 bridgehead atoms. The van der Waals surface area contributed by atoms with Crippen molar-refractivity contribution in [2.75, 3.05) is 33.7 Å². The number of aromatic amines is 1. The fraction of sp³-hybridized carbons (Fsp3) is 0.421. The lowest BCUT2D eigenvalue weighted by Gasteiger charge is -2.13. The Morgan fingerprint density at radius 1 is 1.22 bits per heavy atom. The first-order valence-corrected chi connectivity index (χ1v) is 9.11. The standard InChI is InChI=1S/C19H26N6O2/c1-25(2)9-8-21-18(26)14-5-3-4-13(10-14)11-22-19(27)17-15-12-20-7-6-16(15)23-24-17/h3-5,10,20H,6-9,11-12H2,1-2H3,(H,21,26)(H,22,27)(H,23,24). The van der Waals surface area contributed by atoms with Gasteiger partial charge in [0.15, 0.2) is 5.69 Å². The van der Waals surface area contributed by atoms with E-state index in [1.165, 1.54) is 0 Å². The highest BCUT2D eigenvalue weighted by atomic mass is 16.2. The highest BCUT2D eigenvalue weighted by Crippen LogP contribution is 2.15. The van der Waals surface area contributed by atoms with Gasteiger partial charge in [0.05, 0.1) is 0 Å². The van der Waals surface area contributed by atoms with Crippen LogP contribution in [0.15, 0.2) is 24.3 Å². The Morgan fingerprint density at radius 2 is 2.07 bits per heavy atom. The van der Waals surface area contributed by atoms with Crippen molar-refractivity contribution < 1.29 is 9.59 Å². The maximum atomic E-state index is 12.5. The minimum absolute atomic E-state index is 0.113. The maximum Gasteiger partial charge on any atom is 0.272 e. The Hall–Kier alpha value is -2.71. The first kappa shape index (κ1) is 19.1. The third kappa shape index (κ3) is 4.93. The van der Waals surface area contributed by atoms with E-state index in [1.54, 1.807) is 12.1 Å². The SMILES string of the molecule is CN(C)CCNC(=O)c1cccc(CNC(=O)c2n[nH]c3c2CNCC3)c1. The molecule has 4 N–H and O–H groups in total. The number of hydrogen-bond acceptors (Lipinski definition) is 5. The molecule has 0 unspecified atom stereocenters. The second kappa shape index (κ2) is 8.79. The first-order chi connectivity index (χ1) is 13.0. The average Bonchev–Trinajstić information content (AvgIpc) is 3.10. The van der Waals surface area contributed by atoms with Crippen LogP contribution < -0.4 is 16.0 Å². The molecular weight excluding hydrogens is 344 g/mol. The highest BCUT2D eigenvalue weighted by molar-refractivity contribution is 5.95. The number of hydrogen-bond donors (Lipinski definition) is 4. The van der Waals surface area contributed by atoms with Crippen LogP contribution in [0.1, 0.15) is 37.7 Å². The molecule has 1 aliphatic rings. The molecule has 144 valence electrons. The number of benzene rings is 1. The van der Waals surface area contributed by atoms with Gasteiger partial charge in [-0.05, 0) is 31.8 Å². The summed E-state index contributed by atoms with van der Waals surface area (Å²) in [6.45, 7) is 3.25. The van der Waals surface area contributed by atoms with Crippen LogP contribution in [0.5, 0.6) is 0 Å². The van der Waals surface area contributed by atoms with Gasteiger partial charge in [0.1, 0.15) is 0 Å². The lowest BCUT2D eigenvalue weighted by molar-refractivity contribution is 0.0941. The quantitative estimate of drug-likeness (QED) is 0.561. The summed E-state index contributed by atoms with van der Waals surface area (Å²) in [5, 5.41) is 16.1. The van der Waals surface area contributed by atoms with Gasteiger partial charge < -0.3 is 20.9 Å². The molecule has 0 aliphatic carbocycles. The maximum absolute atomic E-state index is 12.5. The Kier molecular flexibility index (Phi) is 6.20. The molecule has 3 rings (SSSR count). The number of nitrogens with zero attached hydrogens (tertiary/aromatic N) is 2. The summed E-state index contributed by atoms with van der Waals surface area (Å²) in [5.41, 5.74) is 3.85. The molecule has 0 spiro atoms. The second-order valence-corrected chi connectivity index (χ2v) is 6.90. The lowest BCUT2D eigenvalue weighted by atomic mass is 10.1. The van der Waals surface area contributed by atoms with E-state index in [0.717, 1.165) is 36.3 Å². The molecule has 2 heterocycles. The van der Waals surface area contributed by atoms with E-state index in [9.17, 15) is 9.59 Å². The van der Waals surface area contributed by atoms with Crippen molar-refractivity contribution in [3.8, 4) is 0 Å². The number of H-pyrrole nitrogens is 1. The molecule has 1 aromatic heterocycles. The van der Waals surface area contributed by atoms with Crippen LogP contribution in [-0.2, 0) is 19.5 Å². The molecule has 2 aromatic rings. The van der Waals surface area contributed by atoms with E-state index in [4.69, 9.17) is 0 Å². The Morgan fingerprint density at radius 3 is 2.89 bits per heavy atom. The highest BCUT2D eigenvalue weighted by Gasteiger charge is 2.21. The van der Waals surface area contributed by atoms with Crippen LogP contribution in [-0.4, -0.2) is 60.6 Å². The van der Waals surface area contributed by atoms with Gasteiger partial charge in [-0.1, -0.05) is 12.1 Å². The van der Waals surface area contributed by atoms with Crippen molar-refractivity contribution in [1.29, 1.82) is 0 Å². The van der Waals surface area contributed by atoms with Crippen molar-refractivity contribution in [2.24, 2.45) is 0 Å². The average molecular weight is 370 g/mol. The summed E-state index contributed by atoms with van der Waals surface area (Å²) in [6, 6.07) is 7.28. The lowest BCUT2D eigenvalue weighted by Crippen LogP contribution is -2.31. The van der Waals surface area contributed by atoms with E-state index in [0.29, 0.717) is 30.9 Å². The van der Waals surface area contributed by atoms with Gasteiger partial charge in [0.2, 0.25) is 0 Å². The third-order valence-electron chi connectivity index (χ3n) is 4.51. The van der Waals surface area contributed by atoms with Crippen LogP contribution in [0.3, 0.4) is 0 Å². The molecule has 1 aromatic carbocycles. The Bertz CT molecular complexity index is 814. The van der Waals surface area contributed by atoms with Crippen LogP contribution in [0.2, 0.25) is 0 Å². The predicted octanol–water partition coefficient (Wildman–Crippen LogP) is 0.277. The molecule has 0 saturated heterocycles. The molecule has 0 atom stereocenters. The van der Waals surface area contributed by atoms with Crippen LogP contribution in [0.4, 0.5) is 0 Å². The number of rotatable bonds is 7. The molecular formula is C19H26N6O2. The zero-order valence-electron chi connectivity index (χ0n) is 15.8. The summed E-state index contributed by atoms with van der Waals surface area (Å²) >= 11 is 0.